The molecule has 254 valence electrons. The lowest BCUT2D eigenvalue weighted by atomic mass is 9.98. The van der Waals surface area contributed by atoms with Crippen LogP contribution in [0.2, 0.25) is 0 Å². The Balaban J connectivity index is 1.23. The van der Waals surface area contributed by atoms with Crippen LogP contribution in [0, 0.1) is 17.1 Å². The van der Waals surface area contributed by atoms with Gasteiger partial charge in [-0.3, -0.25) is 19.2 Å². The van der Waals surface area contributed by atoms with E-state index in [4.69, 9.17) is 14.9 Å². The maximum Gasteiger partial charge on any atom is 0.310 e. The molecule has 0 bridgehead atoms. The number of benzene rings is 3. The number of ether oxygens (including phenoxy) is 2. The van der Waals surface area contributed by atoms with E-state index >= 15 is 0 Å². The van der Waals surface area contributed by atoms with E-state index in [1.807, 2.05) is 28.8 Å². The molecule has 1 saturated heterocycles. The molecule has 3 heterocycles. The molecule has 1 aliphatic heterocycles. The monoisotopic (exact) mass is 677 g/mol. The molecular formula is C36H32FN7O6. The van der Waals surface area contributed by atoms with Crippen LogP contribution in [0.5, 0.6) is 11.5 Å². The van der Waals surface area contributed by atoms with Crippen molar-refractivity contribution in [3.8, 4) is 40.0 Å². The predicted octanol–water partition coefficient (Wildman–Crippen LogP) is 4.57. The molecule has 14 heteroatoms. The quantitative estimate of drug-likeness (QED) is 0.0507. The van der Waals surface area contributed by atoms with Gasteiger partial charge in [0.15, 0.2) is 17.3 Å². The summed E-state index contributed by atoms with van der Waals surface area (Å²) in [5, 5.41) is 32.4. The number of hydrogen-bond donors (Lipinski definition) is 4. The van der Waals surface area contributed by atoms with E-state index in [2.05, 4.69) is 19.9 Å². The number of nitrogens with one attached hydrogen (secondary N) is 2. The predicted molar refractivity (Wildman–Crippen MR) is 180 cm³/mol. The molecule has 1 aliphatic rings. The first kappa shape index (κ1) is 33.6. The van der Waals surface area contributed by atoms with Crippen LogP contribution in [0.1, 0.15) is 29.5 Å². The second-order valence-corrected chi connectivity index (χ2v) is 11.5. The number of carbonyl (C=O) groups is 2. The van der Waals surface area contributed by atoms with Crippen molar-refractivity contribution >= 4 is 30.1 Å². The molecule has 13 nitrogen and oxygen atoms in total. The van der Waals surface area contributed by atoms with Crippen molar-refractivity contribution in [1.82, 2.24) is 25.2 Å². The summed E-state index contributed by atoms with van der Waals surface area (Å²) in [6, 6.07) is 18.8. The Bertz CT molecular complexity index is 2120. The molecule has 4 N–H and O–H groups in total. The Labute approximate surface area is 285 Å². The molecule has 1 amide bonds. The Hall–Kier alpha value is -6.30. The number of carbonyl (C=O) groups excluding carboxylic acids is 2. The van der Waals surface area contributed by atoms with E-state index in [-0.39, 0.29) is 29.6 Å². The summed E-state index contributed by atoms with van der Waals surface area (Å²) < 4.78 is 26.7. The fraction of sp³-hybridized carbons (Fsp3) is 0.194. The summed E-state index contributed by atoms with van der Waals surface area (Å²) in [5.74, 6) is -1.07. The van der Waals surface area contributed by atoms with E-state index in [1.165, 1.54) is 30.8 Å². The number of methoxy groups -OCH3 is 1. The van der Waals surface area contributed by atoms with Crippen LogP contribution in [0.25, 0.3) is 34.1 Å². The van der Waals surface area contributed by atoms with Gasteiger partial charge in [0, 0.05) is 43.6 Å². The van der Waals surface area contributed by atoms with Crippen molar-refractivity contribution < 1.29 is 33.8 Å². The van der Waals surface area contributed by atoms with Gasteiger partial charge in [-0.15, -0.1) is 0 Å². The summed E-state index contributed by atoms with van der Waals surface area (Å²) >= 11 is 0. The average Bonchev–Trinajstić information content (AvgIpc) is 3.63. The first-order chi connectivity index (χ1) is 24.3. The number of hydroxylamine groups is 1. The summed E-state index contributed by atoms with van der Waals surface area (Å²) in [5.41, 5.74) is 5.66. The third-order valence-corrected chi connectivity index (χ3v) is 8.51. The summed E-state index contributed by atoms with van der Waals surface area (Å²) in [7, 11) is 1.46. The van der Waals surface area contributed by atoms with Crippen molar-refractivity contribution in [2.24, 2.45) is 0 Å². The van der Waals surface area contributed by atoms with E-state index in [0.717, 1.165) is 18.4 Å². The highest BCUT2D eigenvalue weighted by Gasteiger charge is 2.26. The van der Waals surface area contributed by atoms with Crippen LogP contribution < -0.4 is 20.4 Å². The number of rotatable bonds is 11. The van der Waals surface area contributed by atoms with Gasteiger partial charge in [0.25, 0.3) is 6.47 Å². The van der Waals surface area contributed by atoms with Crippen molar-refractivity contribution in [3.05, 3.63) is 101 Å². The van der Waals surface area contributed by atoms with Gasteiger partial charge in [0.2, 0.25) is 5.95 Å². The number of nitrogens with zero attached hydrogens (tertiary/aromatic N) is 5. The first-order valence-corrected chi connectivity index (χ1v) is 15.6. The fourth-order valence-corrected chi connectivity index (χ4v) is 5.95. The topological polar surface area (TPSA) is 174 Å². The number of phenols is 1. The number of phenolic OH excluding ortho intramolecular Hbond substituents is 1. The van der Waals surface area contributed by atoms with Crippen molar-refractivity contribution in [1.29, 1.82) is 5.26 Å². The van der Waals surface area contributed by atoms with Crippen molar-refractivity contribution in [2.75, 3.05) is 25.1 Å². The molecule has 3 aromatic carbocycles. The lowest BCUT2D eigenvalue weighted by Gasteiger charge is -2.34. The highest BCUT2D eigenvalue weighted by Crippen LogP contribution is 2.40. The second-order valence-electron chi connectivity index (χ2n) is 11.5. The highest BCUT2D eigenvalue weighted by atomic mass is 19.1. The van der Waals surface area contributed by atoms with Gasteiger partial charge < -0.3 is 24.8 Å². The number of fused-ring (bicyclic) bond motifs is 1. The van der Waals surface area contributed by atoms with Crippen LogP contribution in [0.15, 0.2) is 78.8 Å². The highest BCUT2D eigenvalue weighted by molar-refractivity contribution is 5.96. The van der Waals surface area contributed by atoms with Crippen molar-refractivity contribution in [2.45, 2.75) is 25.4 Å². The lowest BCUT2D eigenvalue weighted by molar-refractivity contribution is -0.135. The molecule has 5 aromatic rings. The van der Waals surface area contributed by atoms with Gasteiger partial charge in [0.1, 0.15) is 17.5 Å². The Morgan fingerprint density at radius 2 is 1.88 bits per heavy atom. The molecule has 0 unspecified atom stereocenters. The Morgan fingerprint density at radius 3 is 2.54 bits per heavy atom. The molecule has 0 aliphatic carbocycles. The zero-order valence-electron chi connectivity index (χ0n) is 26.8. The van der Waals surface area contributed by atoms with Gasteiger partial charge >= 0.3 is 5.91 Å². The lowest BCUT2D eigenvalue weighted by Crippen LogP contribution is -2.43. The van der Waals surface area contributed by atoms with Crippen LogP contribution in [0.4, 0.5) is 10.3 Å². The van der Waals surface area contributed by atoms with Crippen LogP contribution in [-0.2, 0) is 20.9 Å². The van der Waals surface area contributed by atoms with Gasteiger partial charge in [0.05, 0.1) is 23.9 Å². The van der Waals surface area contributed by atoms with E-state index < -0.39 is 11.7 Å². The maximum absolute atomic E-state index is 14.9. The van der Waals surface area contributed by atoms with E-state index in [9.17, 15) is 24.3 Å². The minimum atomic E-state index is -0.939. The average molecular weight is 678 g/mol. The van der Waals surface area contributed by atoms with Crippen molar-refractivity contribution in [3.63, 3.8) is 0 Å². The number of halogens is 1. The molecule has 0 radical (unpaired) electrons. The van der Waals surface area contributed by atoms with E-state index in [1.54, 1.807) is 42.6 Å². The number of imidazole rings is 1. The largest absolute Gasteiger partial charge is 0.504 e. The molecule has 1 fully saturated rings. The smallest absolute Gasteiger partial charge is 0.310 e. The van der Waals surface area contributed by atoms with Gasteiger partial charge in [-0.2, -0.15) is 5.26 Å². The van der Waals surface area contributed by atoms with Crippen LogP contribution in [0.3, 0.4) is 0 Å². The molecule has 6 rings (SSSR count). The number of nitriles is 1. The summed E-state index contributed by atoms with van der Waals surface area (Å²) in [6.07, 6.45) is 6.46. The van der Waals surface area contributed by atoms with Crippen LogP contribution in [-0.4, -0.2) is 63.3 Å². The molecule has 50 heavy (non-hydrogen) atoms. The number of piperidine rings is 1. The Kier molecular flexibility index (Phi) is 9.98. The SMILES string of the molecule is COc1ccc(-c2c(-c3ccc(C#N)c(F)c3)nc(N3CCC(NCc4ccc(/C=C(/OC=O)C(=O)NO)cc4)CC3)n3ccnc23)cc1O. The normalized spacial score (nSPS) is 13.6. The van der Waals surface area contributed by atoms with E-state index in [0.29, 0.717) is 64.9 Å². The summed E-state index contributed by atoms with van der Waals surface area (Å²) in [4.78, 5) is 34.2. The minimum absolute atomic E-state index is 0.0662. The zero-order valence-corrected chi connectivity index (χ0v) is 26.8. The van der Waals surface area contributed by atoms with Gasteiger partial charge in [-0.25, -0.2) is 19.8 Å². The number of anilines is 1. The van der Waals surface area contributed by atoms with Gasteiger partial charge in [-0.05, 0) is 59.9 Å². The number of amides is 1. The fourth-order valence-electron chi connectivity index (χ4n) is 5.95. The van der Waals surface area contributed by atoms with Crippen LogP contribution >= 0.6 is 0 Å². The third-order valence-electron chi connectivity index (χ3n) is 8.51. The minimum Gasteiger partial charge on any atom is -0.504 e. The third kappa shape index (κ3) is 6.95. The number of hydrogen-bond acceptors (Lipinski definition) is 11. The molecule has 2 aromatic heterocycles. The Morgan fingerprint density at radius 1 is 1.12 bits per heavy atom. The zero-order chi connectivity index (χ0) is 35.2. The second kappa shape index (κ2) is 14.9. The molecule has 0 atom stereocenters. The molecular weight excluding hydrogens is 645 g/mol. The molecule has 0 saturated carbocycles. The number of aromatic hydroxyl groups is 1. The summed E-state index contributed by atoms with van der Waals surface area (Å²) in [6.45, 7) is 2.07. The standard InChI is InChI=1S/C36H32FN7O6/c1-49-30-9-8-24(18-29(30)46)32-33(25-6-7-26(19-38)28(37)17-25)41-36(44-15-12-39-34(32)44)43-13-10-27(11-14-43)40-20-23-4-2-22(3-5-23)16-31(50-21-45)35(47)42-48/h2-9,12,15-18,21,27,40,46,48H,10-11,13-14,20H2,1H3,(H,42,47)/b31-16+. The number of aromatic nitrogens is 3. The first-order valence-electron chi connectivity index (χ1n) is 15.6. The maximum atomic E-state index is 14.9. The molecule has 0 spiro atoms. The van der Waals surface area contributed by atoms with Gasteiger partial charge in [-0.1, -0.05) is 36.4 Å².